The van der Waals surface area contributed by atoms with Crippen LogP contribution >= 0.6 is 31.9 Å². The fourth-order valence-electron chi connectivity index (χ4n) is 2.26. The second kappa shape index (κ2) is 8.22. The van der Waals surface area contributed by atoms with Crippen LogP contribution in [0.25, 0.3) is 0 Å². The van der Waals surface area contributed by atoms with Crippen LogP contribution in [0.1, 0.15) is 21.5 Å². The van der Waals surface area contributed by atoms with Gasteiger partial charge >= 0.3 is 6.18 Å². The second-order valence-electron chi connectivity index (χ2n) is 5.49. The molecule has 1 atom stereocenters. The van der Waals surface area contributed by atoms with Crippen molar-refractivity contribution in [2.45, 2.75) is 18.6 Å². The minimum Gasteiger partial charge on any atom is -0.368 e. The number of primary amides is 1. The number of nitrogens with two attached hydrogens (primary N) is 1. The lowest BCUT2D eigenvalue weighted by Gasteiger charge is -2.17. The SMILES string of the molecule is NC(=O)[C@H](Cc1cccc(C(F)(F)F)c1)NC(=O)c1cc(Br)cc(Br)c1. The first-order chi connectivity index (χ1) is 12.1. The molecule has 0 bridgehead atoms. The second-order valence-corrected chi connectivity index (χ2v) is 7.32. The Morgan fingerprint density at radius 2 is 1.69 bits per heavy atom. The van der Waals surface area contributed by atoms with Gasteiger partial charge in [0.25, 0.3) is 5.91 Å². The fourth-order valence-corrected chi connectivity index (χ4v) is 3.55. The lowest BCUT2D eigenvalue weighted by Crippen LogP contribution is -2.45. The fraction of sp³-hybridized carbons (Fsp3) is 0.176. The maximum absolute atomic E-state index is 12.8. The van der Waals surface area contributed by atoms with Gasteiger partial charge in [0.05, 0.1) is 5.56 Å². The predicted molar refractivity (Wildman–Crippen MR) is 97.4 cm³/mol. The van der Waals surface area contributed by atoms with Crippen molar-refractivity contribution < 1.29 is 22.8 Å². The van der Waals surface area contributed by atoms with Gasteiger partial charge in [-0.25, -0.2) is 0 Å². The molecule has 138 valence electrons. The minimum atomic E-state index is -4.50. The van der Waals surface area contributed by atoms with E-state index in [1.807, 2.05) is 0 Å². The molecule has 3 N–H and O–H groups in total. The van der Waals surface area contributed by atoms with E-state index in [9.17, 15) is 22.8 Å². The number of benzene rings is 2. The molecular weight excluding hydrogens is 481 g/mol. The highest BCUT2D eigenvalue weighted by molar-refractivity contribution is 9.11. The summed E-state index contributed by atoms with van der Waals surface area (Å²) in [5.41, 5.74) is 4.97. The van der Waals surface area contributed by atoms with Gasteiger partial charge in [0.1, 0.15) is 6.04 Å². The number of halogens is 5. The average Bonchev–Trinajstić information content (AvgIpc) is 2.52. The van der Waals surface area contributed by atoms with E-state index in [1.54, 1.807) is 18.2 Å². The number of amides is 2. The Morgan fingerprint density at radius 1 is 1.08 bits per heavy atom. The Kier molecular flexibility index (Phi) is 6.46. The van der Waals surface area contributed by atoms with Crippen molar-refractivity contribution in [1.29, 1.82) is 0 Å². The topological polar surface area (TPSA) is 72.2 Å². The molecule has 2 rings (SSSR count). The molecule has 0 aliphatic rings. The van der Waals surface area contributed by atoms with E-state index in [2.05, 4.69) is 37.2 Å². The van der Waals surface area contributed by atoms with Crippen LogP contribution in [0.4, 0.5) is 13.2 Å². The molecule has 2 aromatic carbocycles. The molecule has 2 amide bonds. The first kappa shape index (κ1) is 20.4. The Balaban J connectivity index is 2.19. The maximum Gasteiger partial charge on any atom is 0.416 e. The van der Waals surface area contributed by atoms with Crippen molar-refractivity contribution >= 4 is 43.7 Å². The summed E-state index contributed by atoms with van der Waals surface area (Å²) in [4.78, 5) is 24.0. The van der Waals surface area contributed by atoms with Gasteiger partial charge in [0, 0.05) is 20.9 Å². The van der Waals surface area contributed by atoms with Gasteiger partial charge in [0.2, 0.25) is 5.91 Å². The molecule has 9 heteroatoms. The molecule has 0 saturated carbocycles. The van der Waals surface area contributed by atoms with Crippen LogP contribution in [-0.4, -0.2) is 17.9 Å². The van der Waals surface area contributed by atoms with Crippen LogP contribution in [0.15, 0.2) is 51.4 Å². The molecule has 0 aliphatic carbocycles. The number of hydrogen-bond acceptors (Lipinski definition) is 2. The largest absolute Gasteiger partial charge is 0.416 e. The van der Waals surface area contributed by atoms with Crippen LogP contribution in [0.3, 0.4) is 0 Å². The average molecular weight is 494 g/mol. The van der Waals surface area contributed by atoms with Crippen molar-refractivity contribution in [2.75, 3.05) is 0 Å². The zero-order valence-corrected chi connectivity index (χ0v) is 16.3. The van der Waals surface area contributed by atoms with Gasteiger partial charge < -0.3 is 11.1 Å². The Labute approximate surface area is 164 Å². The standard InChI is InChI=1S/C17H13Br2F3N2O2/c18-12-6-10(7-13(19)8-12)16(26)24-14(15(23)25)5-9-2-1-3-11(4-9)17(20,21)22/h1-4,6-8,14H,5H2,(H2,23,25)(H,24,26)/t14-/m0/s1. The van der Waals surface area contributed by atoms with Gasteiger partial charge in [-0.3, -0.25) is 9.59 Å². The van der Waals surface area contributed by atoms with Crippen LogP contribution in [0.2, 0.25) is 0 Å². The number of nitrogens with one attached hydrogen (secondary N) is 1. The molecule has 4 nitrogen and oxygen atoms in total. The van der Waals surface area contributed by atoms with Crippen LogP contribution < -0.4 is 11.1 Å². The number of alkyl halides is 3. The number of rotatable bonds is 5. The summed E-state index contributed by atoms with van der Waals surface area (Å²) in [6, 6.07) is 8.20. The molecule has 0 unspecified atom stereocenters. The molecule has 0 aliphatic heterocycles. The normalized spacial score (nSPS) is 12.5. The van der Waals surface area contributed by atoms with Gasteiger partial charge in [-0.05, 0) is 29.8 Å². The first-order valence-electron chi connectivity index (χ1n) is 7.28. The van der Waals surface area contributed by atoms with E-state index < -0.39 is 29.6 Å². The third-order valence-electron chi connectivity index (χ3n) is 3.47. The zero-order chi connectivity index (χ0) is 19.5. The summed E-state index contributed by atoms with van der Waals surface area (Å²) >= 11 is 6.50. The molecule has 0 aromatic heterocycles. The van der Waals surface area contributed by atoms with E-state index >= 15 is 0 Å². The third-order valence-corrected chi connectivity index (χ3v) is 4.38. The smallest absolute Gasteiger partial charge is 0.368 e. The van der Waals surface area contributed by atoms with Crippen molar-refractivity contribution in [3.63, 3.8) is 0 Å². The summed E-state index contributed by atoms with van der Waals surface area (Å²) in [6.45, 7) is 0. The summed E-state index contributed by atoms with van der Waals surface area (Å²) < 4.78 is 39.7. The van der Waals surface area contributed by atoms with Gasteiger partial charge in [0.15, 0.2) is 0 Å². The molecule has 0 saturated heterocycles. The van der Waals surface area contributed by atoms with Crippen LogP contribution in [0.5, 0.6) is 0 Å². The van der Waals surface area contributed by atoms with Crippen molar-refractivity contribution in [1.82, 2.24) is 5.32 Å². The minimum absolute atomic E-state index is 0.153. The highest BCUT2D eigenvalue weighted by Crippen LogP contribution is 2.29. The van der Waals surface area contributed by atoms with Gasteiger partial charge in [-0.1, -0.05) is 50.1 Å². The van der Waals surface area contributed by atoms with E-state index in [0.717, 1.165) is 12.1 Å². The van der Waals surface area contributed by atoms with E-state index in [-0.39, 0.29) is 17.5 Å². The Morgan fingerprint density at radius 3 is 2.23 bits per heavy atom. The summed E-state index contributed by atoms with van der Waals surface area (Å²) in [7, 11) is 0. The van der Waals surface area contributed by atoms with E-state index in [1.165, 1.54) is 12.1 Å². The molecule has 0 spiro atoms. The van der Waals surface area contributed by atoms with Gasteiger partial charge in [-0.15, -0.1) is 0 Å². The van der Waals surface area contributed by atoms with Crippen molar-refractivity contribution in [3.05, 3.63) is 68.1 Å². The lowest BCUT2D eigenvalue weighted by molar-refractivity contribution is -0.137. The third kappa shape index (κ3) is 5.57. The van der Waals surface area contributed by atoms with E-state index in [4.69, 9.17) is 5.73 Å². The van der Waals surface area contributed by atoms with Crippen molar-refractivity contribution in [2.24, 2.45) is 5.73 Å². The number of carbonyl (C=O) groups excluding carboxylic acids is 2. The molecular formula is C17H13Br2F3N2O2. The Bertz CT molecular complexity index is 821. The number of carbonyl (C=O) groups is 2. The highest BCUT2D eigenvalue weighted by atomic mass is 79.9. The zero-order valence-electron chi connectivity index (χ0n) is 13.1. The van der Waals surface area contributed by atoms with E-state index in [0.29, 0.717) is 8.95 Å². The summed E-state index contributed by atoms with van der Waals surface area (Å²) in [5, 5.41) is 2.46. The molecule has 2 aromatic rings. The summed E-state index contributed by atoms with van der Waals surface area (Å²) in [5.74, 6) is -1.41. The Hall–Kier alpha value is -1.87. The van der Waals surface area contributed by atoms with Crippen molar-refractivity contribution in [3.8, 4) is 0 Å². The van der Waals surface area contributed by atoms with Crippen LogP contribution in [-0.2, 0) is 17.4 Å². The highest BCUT2D eigenvalue weighted by Gasteiger charge is 2.30. The molecule has 0 heterocycles. The van der Waals surface area contributed by atoms with Crippen LogP contribution in [0, 0.1) is 0 Å². The molecule has 0 radical (unpaired) electrons. The molecule has 26 heavy (non-hydrogen) atoms. The monoisotopic (exact) mass is 492 g/mol. The summed E-state index contributed by atoms with van der Waals surface area (Å²) in [6.07, 6.45) is -4.65. The maximum atomic E-state index is 12.8. The quantitative estimate of drug-likeness (QED) is 0.659. The van der Waals surface area contributed by atoms with Gasteiger partial charge in [-0.2, -0.15) is 13.2 Å². The molecule has 0 fully saturated rings. The first-order valence-corrected chi connectivity index (χ1v) is 8.87. The predicted octanol–water partition coefficient (Wildman–Crippen LogP) is 4.06. The lowest BCUT2D eigenvalue weighted by atomic mass is 10.0. The number of hydrogen-bond donors (Lipinski definition) is 2.